The lowest BCUT2D eigenvalue weighted by atomic mass is 9.90. The summed E-state index contributed by atoms with van der Waals surface area (Å²) in [5.41, 5.74) is 1.91. The van der Waals surface area contributed by atoms with Gasteiger partial charge < -0.3 is 14.8 Å². The topological polar surface area (TPSA) is 143 Å². The van der Waals surface area contributed by atoms with Crippen molar-refractivity contribution in [2.24, 2.45) is 0 Å². The molecule has 4 heterocycles. The normalized spacial score (nSPS) is 15.3. The van der Waals surface area contributed by atoms with Gasteiger partial charge in [0.1, 0.15) is 17.3 Å². The molecular weight excluding hydrogens is 414 g/mol. The SMILES string of the molecule is Cc1nn(-c2ccc(=O)[nH]n2)c2c1[C@@H](c1ccc(-c3cccc(C(=O)O)c3)o1)CC(=O)N2. The summed E-state index contributed by atoms with van der Waals surface area (Å²) in [6.45, 7) is 1.83. The van der Waals surface area contributed by atoms with Crippen LogP contribution in [0, 0.1) is 6.92 Å². The third-order valence-electron chi connectivity index (χ3n) is 5.35. The number of fused-ring (bicyclic) bond motifs is 1. The molecule has 10 nitrogen and oxygen atoms in total. The van der Waals surface area contributed by atoms with Gasteiger partial charge in [-0.3, -0.25) is 9.59 Å². The number of hydrogen-bond donors (Lipinski definition) is 3. The van der Waals surface area contributed by atoms with Crippen LogP contribution in [0.3, 0.4) is 0 Å². The number of aryl methyl sites for hydroxylation is 1. The molecular formula is C22H17N5O5. The summed E-state index contributed by atoms with van der Waals surface area (Å²) in [5.74, 6) is 0.281. The number of carbonyl (C=O) groups is 2. The maximum atomic E-state index is 12.5. The number of H-pyrrole nitrogens is 1. The second kappa shape index (κ2) is 7.34. The van der Waals surface area contributed by atoms with Crippen LogP contribution in [-0.4, -0.2) is 37.0 Å². The highest BCUT2D eigenvalue weighted by Crippen LogP contribution is 2.41. The number of nitrogens with zero attached hydrogens (tertiary/aromatic N) is 3. The number of nitrogens with one attached hydrogen (secondary N) is 2. The van der Waals surface area contributed by atoms with Gasteiger partial charge in [-0.2, -0.15) is 14.9 Å². The molecule has 0 saturated carbocycles. The number of aromatic carboxylic acids is 1. The molecule has 10 heteroatoms. The molecule has 0 bridgehead atoms. The number of carboxylic acids is 1. The second-order valence-electron chi connectivity index (χ2n) is 7.43. The predicted molar refractivity (Wildman–Crippen MR) is 113 cm³/mol. The number of carboxylic acid groups (broad SMARTS) is 1. The van der Waals surface area contributed by atoms with E-state index in [2.05, 4.69) is 20.6 Å². The maximum Gasteiger partial charge on any atom is 0.335 e. The van der Waals surface area contributed by atoms with Gasteiger partial charge in [0.25, 0.3) is 5.56 Å². The number of amides is 1. The summed E-state index contributed by atoms with van der Waals surface area (Å²) in [6.07, 6.45) is 0.167. The molecule has 1 aliphatic rings. The molecule has 0 aliphatic carbocycles. The molecule has 0 spiro atoms. The van der Waals surface area contributed by atoms with Crippen LogP contribution < -0.4 is 10.9 Å². The molecule has 1 aliphatic heterocycles. The van der Waals surface area contributed by atoms with E-state index < -0.39 is 5.97 Å². The lowest BCUT2D eigenvalue weighted by molar-refractivity contribution is -0.116. The number of rotatable bonds is 4. The molecule has 0 unspecified atom stereocenters. The first-order chi connectivity index (χ1) is 15.4. The van der Waals surface area contributed by atoms with E-state index in [1.807, 2.05) is 6.92 Å². The minimum Gasteiger partial charge on any atom is -0.478 e. The van der Waals surface area contributed by atoms with Crippen molar-refractivity contribution in [2.75, 3.05) is 5.32 Å². The van der Waals surface area contributed by atoms with E-state index in [1.54, 1.807) is 24.3 Å². The standard InChI is InChI=1S/C22H17N5O5/c1-11-20-14(16-6-5-15(32-16)12-3-2-4-13(9-12)22(30)31)10-19(29)23-21(20)27(26-11)17-7-8-18(28)25-24-17/h2-9,14H,10H2,1H3,(H,23,29)(H,25,28)(H,30,31)/t14-/m1/s1. The Bertz CT molecular complexity index is 1410. The lowest BCUT2D eigenvalue weighted by Gasteiger charge is -2.22. The van der Waals surface area contributed by atoms with Crippen LogP contribution >= 0.6 is 0 Å². The Morgan fingerprint density at radius 1 is 1.19 bits per heavy atom. The van der Waals surface area contributed by atoms with Crippen LogP contribution in [-0.2, 0) is 4.79 Å². The van der Waals surface area contributed by atoms with E-state index >= 15 is 0 Å². The smallest absolute Gasteiger partial charge is 0.335 e. The summed E-state index contributed by atoms with van der Waals surface area (Å²) in [4.78, 5) is 35.1. The van der Waals surface area contributed by atoms with Crippen LogP contribution in [0.4, 0.5) is 5.82 Å². The highest BCUT2D eigenvalue weighted by atomic mass is 16.4. The van der Waals surface area contributed by atoms with Gasteiger partial charge in [0.15, 0.2) is 5.82 Å². The summed E-state index contributed by atoms with van der Waals surface area (Å²) < 4.78 is 7.54. The Morgan fingerprint density at radius 3 is 2.78 bits per heavy atom. The van der Waals surface area contributed by atoms with Gasteiger partial charge in [-0.15, -0.1) is 0 Å². The van der Waals surface area contributed by atoms with E-state index in [0.29, 0.717) is 34.4 Å². The van der Waals surface area contributed by atoms with Crippen molar-refractivity contribution in [1.29, 1.82) is 0 Å². The molecule has 1 atom stereocenters. The molecule has 5 rings (SSSR count). The van der Waals surface area contributed by atoms with Crippen molar-refractivity contribution >= 4 is 17.7 Å². The van der Waals surface area contributed by atoms with Crippen LogP contribution in [0.15, 0.2) is 57.7 Å². The van der Waals surface area contributed by atoms with E-state index in [1.165, 1.54) is 28.9 Å². The molecule has 0 saturated heterocycles. The summed E-state index contributed by atoms with van der Waals surface area (Å²) in [7, 11) is 0. The molecule has 0 radical (unpaired) electrons. The number of benzene rings is 1. The zero-order chi connectivity index (χ0) is 22.4. The van der Waals surface area contributed by atoms with E-state index in [0.717, 1.165) is 5.56 Å². The molecule has 160 valence electrons. The van der Waals surface area contributed by atoms with Crippen molar-refractivity contribution in [2.45, 2.75) is 19.3 Å². The van der Waals surface area contributed by atoms with Gasteiger partial charge in [0.2, 0.25) is 5.91 Å². The fourth-order valence-corrected chi connectivity index (χ4v) is 3.91. The number of aromatic amines is 1. The molecule has 4 aromatic rings. The van der Waals surface area contributed by atoms with Crippen molar-refractivity contribution in [3.8, 4) is 17.1 Å². The van der Waals surface area contributed by atoms with Gasteiger partial charge in [0.05, 0.1) is 17.2 Å². The first-order valence-electron chi connectivity index (χ1n) is 9.79. The van der Waals surface area contributed by atoms with Crippen LogP contribution in [0.1, 0.15) is 39.7 Å². The van der Waals surface area contributed by atoms with Gasteiger partial charge in [-0.1, -0.05) is 12.1 Å². The Morgan fingerprint density at radius 2 is 2.03 bits per heavy atom. The number of hydrogen-bond acceptors (Lipinski definition) is 6. The Labute approximate surface area is 180 Å². The number of aromatic nitrogens is 4. The highest BCUT2D eigenvalue weighted by Gasteiger charge is 2.34. The quantitative estimate of drug-likeness (QED) is 0.451. The highest BCUT2D eigenvalue weighted by molar-refractivity contribution is 5.95. The maximum absolute atomic E-state index is 12.5. The largest absolute Gasteiger partial charge is 0.478 e. The minimum atomic E-state index is -1.02. The molecule has 1 amide bonds. The van der Waals surface area contributed by atoms with Crippen molar-refractivity contribution in [3.63, 3.8) is 0 Å². The fourth-order valence-electron chi connectivity index (χ4n) is 3.91. The third-order valence-corrected chi connectivity index (χ3v) is 5.35. The van der Waals surface area contributed by atoms with E-state index in [4.69, 9.17) is 4.42 Å². The molecule has 3 N–H and O–H groups in total. The zero-order valence-electron chi connectivity index (χ0n) is 16.8. The first kappa shape index (κ1) is 19.5. The van der Waals surface area contributed by atoms with Crippen molar-refractivity contribution in [3.05, 3.63) is 81.5 Å². The summed E-state index contributed by atoms with van der Waals surface area (Å²) >= 11 is 0. The van der Waals surface area contributed by atoms with Crippen LogP contribution in [0.5, 0.6) is 0 Å². The monoisotopic (exact) mass is 431 g/mol. The summed E-state index contributed by atoms with van der Waals surface area (Å²) in [5, 5.41) is 23.0. The van der Waals surface area contributed by atoms with E-state index in [-0.39, 0.29) is 29.4 Å². The molecule has 3 aromatic heterocycles. The minimum absolute atomic E-state index is 0.158. The van der Waals surface area contributed by atoms with E-state index in [9.17, 15) is 19.5 Å². The molecule has 0 fully saturated rings. The summed E-state index contributed by atoms with van der Waals surface area (Å²) in [6, 6.07) is 12.8. The van der Waals surface area contributed by atoms with Crippen LogP contribution in [0.25, 0.3) is 17.1 Å². The van der Waals surface area contributed by atoms with Gasteiger partial charge in [-0.25, -0.2) is 9.89 Å². The van der Waals surface area contributed by atoms with Crippen LogP contribution in [0.2, 0.25) is 0 Å². The number of anilines is 1. The first-order valence-corrected chi connectivity index (χ1v) is 9.79. The second-order valence-corrected chi connectivity index (χ2v) is 7.43. The lowest BCUT2D eigenvalue weighted by Crippen LogP contribution is -2.25. The Kier molecular flexibility index (Phi) is 4.47. The third kappa shape index (κ3) is 3.27. The molecule has 32 heavy (non-hydrogen) atoms. The van der Waals surface area contributed by atoms with Gasteiger partial charge >= 0.3 is 5.97 Å². The van der Waals surface area contributed by atoms with Crippen molar-refractivity contribution in [1.82, 2.24) is 20.0 Å². The Balaban J connectivity index is 1.57. The van der Waals surface area contributed by atoms with Gasteiger partial charge in [0, 0.05) is 23.6 Å². The van der Waals surface area contributed by atoms with Crippen molar-refractivity contribution < 1.29 is 19.1 Å². The Hall–Kier alpha value is -4.47. The number of furan rings is 1. The average molecular weight is 431 g/mol. The van der Waals surface area contributed by atoms with Gasteiger partial charge in [-0.05, 0) is 37.3 Å². The predicted octanol–water partition coefficient (Wildman–Crippen LogP) is 2.70. The molecule has 1 aromatic carbocycles. The number of carbonyl (C=O) groups excluding carboxylic acids is 1. The fraction of sp³-hybridized carbons (Fsp3) is 0.136. The zero-order valence-corrected chi connectivity index (χ0v) is 16.8. The average Bonchev–Trinajstić information content (AvgIpc) is 3.39.